The Balaban J connectivity index is 0.000000141. The number of nitrogens with one attached hydrogen (secondary N) is 2. The maximum atomic E-state index is 5.92. The molecule has 5 atom stereocenters. The molecule has 4 aromatic rings. The number of fused-ring (bicyclic) bond motifs is 4. The number of nitrogens with zero attached hydrogens (tertiary/aromatic N) is 11. The summed E-state index contributed by atoms with van der Waals surface area (Å²) in [5.74, 6) is 13.6. The number of amidine groups is 8. The molecule has 8 heterocycles. The predicted molar refractivity (Wildman–Crippen MR) is 352 cm³/mol. The predicted octanol–water partition coefficient (Wildman–Crippen LogP) is 6.06. The first-order valence-electron chi connectivity index (χ1n) is 30.8. The van der Waals surface area contributed by atoms with E-state index in [1.165, 1.54) is 22.3 Å². The van der Waals surface area contributed by atoms with E-state index < -0.39 is 0 Å². The molecule has 478 valence electrons. The second kappa shape index (κ2) is 31.3. The maximum Gasteiger partial charge on any atom is 0.231 e. The van der Waals surface area contributed by atoms with Crippen LogP contribution in [0.3, 0.4) is 0 Å². The van der Waals surface area contributed by atoms with Crippen molar-refractivity contribution in [1.29, 1.82) is 0 Å². The van der Waals surface area contributed by atoms with E-state index in [0.29, 0.717) is 90.1 Å². The van der Waals surface area contributed by atoms with Crippen molar-refractivity contribution in [3.63, 3.8) is 0 Å². The average molecular weight is 1220 g/mol. The van der Waals surface area contributed by atoms with Gasteiger partial charge in [0.25, 0.3) is 0 Å². The molecule has 0 saturated heterocycles. The standard InChI is InChI=1S/C18H26N4O2.2C16H22N4O2.C15H20N4O2/c1-13-11-19-17(21(2)3)10-18(20-13)22(4)8-7-14-5-6-15-16(9-14)24-12-23-15;1-11-9-18-15(17)8-16(19-11)20(2)6-5-12-3-4-13-14(7-12)22-10-21-13;1-10-11(2)20-16(8-15(17)19-10)18-6-5-12-3-4-13-14(7-12)22-9-21-13;1-10-8-18-14(16)7-15(19-10)17-5-4-11-2-3-12-13(6-11)21-9-20-12/h5-6,9,13H,7-8,10-12H2,1-4H3;3-4,7,11H,5-6,8-10H2,1-2H3,(H2,17,18);3-4,7,10-11H,5-6,8-9H2,1-2H3,(H2,17,19)(H,18,20);2-3,6,10H,4-5,7-9H2,1H3,(H2,16,18)(H,17,19). The number of ether oxygens (including phenoxy) is 8. The Morgan fingerprint density at radius 1 is 0.438 bits per heavy atom. The van der Waals surface area contributed by atoms with E-state index in [1.807, 2.05) is 62.6 Å². The number of hydrogen-bond acceptors (Lipinski definition) is 22. The fraction of sp³-hybridized carbons (Fsp3) is 0.508. The van der Waals surface area contributed by atoms with Gasteiger partial charge in [-0.1, -0.05) is 24.3 Å². The SMILES string of the molecule is CC1CN=C(N(C)C)CC(N(C)CCc2ccc3c(c2)OCO3)=N1.CC1CN=C(N)CC(=NCCc2ccc3c(c2)OCO3)N1.CC1CN=C(N)CC(N(C)CCc2ccc3c(c2)OCO3)=N1.CC1N=C(N)CC(=NCCc2ccc3c(c2)OCO3)NC1C. The Kier molecular flexibility index (Phi) is 22.7. The highest BCUT2D eigenvalue weighted by Gasteiger charge is 2.22. The van der Waals surface area contributed by atoms with Gasteiger partial charge >= 0.3 is 0 Å². The highest BCUT2D eigenvalue weighted by molar-refractivity contribution is 6.04. The van der Waals surface area contributed by atoms with E-state index in [4.69, 9.17) is 65.1 Å². The molecule has 0 radical (unpaired) electrons. The Labute approximate surface area is 523 Å². The van der Waals surface area contributed by atoms with Crippen molar-refractivity contribution in [2.45, 2.75) is 116 Å². The quantitative estimate of drug-likeness (QED) is 0.108. The lowest BCUT2D eigenvalue weighted by Gasteiger charge is -2.23. The van der Waals surface area contributed by atoms with E-state index in [1.54, 1.807) is 0 Å². The third kappa shape index (κ3) is 19.3. The third-order valence-corrected chi connectivity index (χ3v) is 15.7. The van der Waals surface area contributed by atoms with Crippen molar-refractivity contribution in [3.8, 4) is 46.0 Å². The van der Waals surface area contributed by atoms with Gasteiger partial charge in [0.05, 0.1) is 63.4 Å². The van der Waals surface area contributed by atoms with Crippen LogP contribution in [0.5, 0.6) is 46.0 Å². The smallest absolute Gasteiger partial charge is 0.231 e. The molecule has 0 amide bonds. The minimum atomic E-state index is 0.168. The van der Waals surface area contributed by atoms with Gasteiger partial charge < -0.3 is 80.4 Å². The number of benzene rings is 4. The molecule has 89 heavy (non-hydrogen) atoms. The van der Waals surface area contributed by atoms with Crippen LogP contribution in [0.2, 0.25) is 0 Å². The van der Waals surface area contributed by atoms with Crippen LogP contribution in [0, 0.1) is 0 Å². The molecule has 0 bridgehead atoms. The summed E-state index contributed by atoms with van der Waals surface area (Å²) in [5.41, 5.74) is 22.5. The first-order valence-corrected chi connectivity index (χ1v) is 30.8. The summed E-state index contributed by atoms with van der Waals surface area (Å²) in [6.07, 6.45) is 6.17. The summed E-state index contributed by atoms with van der Waals surface area (Å²) in [5, 5.41) is 6.75. The molecule has 0 saturated carbocycles. The van der Waals surface area contributed by atoms with Crippen molar-refractivity contribution in [2.75, 3.05) is 101 Å². The van der Waals surface area contributed by atoms with Crippen molar-refractivity contribution < 1.29 is 37.9 Å². The van der Waals surface area contributed by atoms with Crippen LogP contribution in [0.4, 0.5) is 0 Å². The number of rotatable bonds is 12. The summed E-state index contributed by atoms with van der Waals surface area (Å²) >= 11 is 0. The highest BCUT2D eigenvalue weighted by Crippen LogP contribution is 2.35. The van der Waals surface area contributed by atoms with Crippen LogP contribution in [0.1, 0.15) is 82.6 Å². The lowest BCUT2D eigenvalue weighted by Crippen LogP contribution is -2.37. The normalized spacial score (nSPS) is 21.9. The minimum Gasteiger partial charge on any atom is -0.454 e. The van der Waals surface area contributed by atoms with E-state index in [2.05, 4.69) is 128 Å². The molecule has 24 nitrogen and oxygen atoms in total. The topological polar surface area (TPSA) is 285 Å². The van der Waals surface area contributed by atoms with Crippen LogP contribution in [0.15, 0.2) is 113 Å². The molecule has 4 aromatic carbocycles. The van der Waals surface area contributed by atoms with Crippen LogP contribution >= 0.6 is 0 Å². The highest BCUT2D eigenvalue weighted by atomic mass is 16.7. The van der Waals surface area contributed by atoms with Crippen LogP contribution in [-0.4, -0.2) is 193 Å². The van der Waals surface area contributed by atoms with Crippen LogP contribution in [-0.2, 0) is 25.7 Å². The molecule has 5 unspecified atom stereocenters. The largest absolute Gasteiger partial charge is 0.454 e. The van der Waals surface area contributed by atoms with E-state index >= 15 is 0 Å². The van der Waals surface area contributed by atoms with E-state index in [0.717, 1.165) is 127 Å². The summed E-state index contributed by atoms with van der Waals surface area (Å²) in [6.45, 7) is 17.0. The number of hydrogen-bond donors (Lipinski definition) is 5. The molecule has 12 rings (SSSR count). The average Bonchev–Trinajstić information content (AvgIpc) is 4.13. The number of aliphatic imine (C=N–C) groups is 8. The zero-order chi connectivity index (χ0) is 62.8. The fourth-order valence-corrected chi connectivity index (χ4v) is 10.3. The first kappa shape index (κ1) is 64.5. The first-order chi connectivity index (χ1) is 43.0. The van der Waals surface area contributed by atoms with Gasteiger partial charge in [-0.25, -0.2) is 0 Å². The van der Waals surface area contributed by atoms with Gasteiger partial charge in [0.15, 0.2) is 46.0 Å². The summed E-state index contributed by atoms with van der Waals surface area (Å²) < 4.78 is 42.9. The molecule has 8 aliphatic rings. The summed E-state index contributed by atoms with van der Waals surface area (Å²) in [6, 6.07) is 25.4. The van der Waals surface area contributed by atoms with Gasteiger partial charge in [-0.3, -0.25) is 39.9 Å². The van der Waals surface area contributed by atoms with Crippen molar-refractivity contribution >= 4 is 46.7 Å². The van der Waals surface area contributed by atoms with E-state index in [-0.39, 0.29) is 30.2 Å². The second-order valence-corrected chi connectivity index (χ2v) is 23.4. The van der Waals surface area contributed by atoms with Crippen LogP contribution < -0.4 is 65.7 Å². The zero-order valence-electron chi connectivity index (χ0n) is 53.2. The van der Waals surface area contributed by atoms with Gasteiger partial charge in [-0.15, -0.1) is 0 Å². The molecule has 0 aliphatic carbocycles. The Bertz CT molecular complexity index is 3330. The molecule has 0 aromatic heterocycles. The maximum absolute atomic E-state index is 5.92. The van der Waals surface area contributed by atoms with Gasteiger partial charge in [0, 0.05) is 66.5 Å². The lowest BCUT2D eigenvalue weighted by atomic mass is 10.1. The number of nitrogens with two attached hydrogens (primary N) is 3. The number of likely N-dealkylation sites (N-methyl/N-ethyl adjacent to an activating group) is 2. The molecule has 0 fully saturated rings. The van der Waals surface area contributed by atoms with Gasteiger partial charge in [0.1, 0.15) is 46.7 Å². The molecular weight excluding hydrogens is 1130 g/mol. The molecule has 0 spiro atoms. The fourth-order valence-electron chi connectivity index (χ4n) is 10.3. The Morgan fingerprint density at radius 2 is 0.831 bits per heavy atom. The van der Waals surface area contributed by atoms with Crippen molar-refractivity contribution in [2.24, 2.45) is 57.1 Å². The van der Waals surface area contributed by atoms with E-state index in [9.17, 15) is 0 Å². The molecule has 8 N–H and O–H groups in total. The van der Waals surface area contributed by atoms with Gasteiger partial charge in [-0.2, -0.15) is 0 Å². The Morgan fingerprint density at radius 3 is 1.30 bits per heavy atom. The lowest BCUT2D eigenvalue weighted by molar-refractivity contribution is 0.173. The minimum absolute atomic E-state index is 0.168. The molecule has 8 aliphatic heterocycles. The van der Waals surface area contributed by atoms with Gasteiger partial charge in [0.2, 0.25) is 27.2 Å². The molecule has 24 heteroatoms. The monoisotopic (exact) mass is 1220 g/mol. The van der Waals surface area contributed by atoms with Crippen molar-refractivity contribution in [3.05, 3.63) is 95.1 Å². The zero-order valence-corrected chi connectivity index (χ0v) is 53.2. The molecular formula is C65H90N16O8. The Hall–Kier alpha value is -8.96. The van der Waals surface area contributed by atoms with Gasteiger partial charge in [-0.05, 0) is 131 Å². The second-order valence-electron chi connectivity index (χ2n) is 23.4. The third-order valence-electron chi connectivity index (χ3n) is 15.7. The summed E-state index contributed by atoms with van der Waals surface area (Å²) in [7, 11) is 8.24. The van der Waals surface area contributed by atoms with Crippen LogP contribution in [0.25, 0.3) is 0 Å². The van der Waals surface area contributed by atoms with Crippen molar-refractivity contribution in [1.82, 2.24) is 25.3 Å². The summed E-state index contributed by atoms with van der Waals surface area (Å²) in [4.78, 5) is 43.0.